The zero-order valence-electron chi connectivity index (χ0n) is 29.2. The lowest BCUT2D eigenvalue weighted by atomic mass is 9.33. The van der Waals surface area contributed by atoms with Crippen molar-refractivity contribution in [2.24, 2.45) is 51.2 Å². The Bertz CT molecular complexity index is 1740. The molecule has 3 heterocycles. The van der Waals surface area contributed by atoms with Crippen molar-refractivity contribution in [2.45, 2.75) is 112 Å². The molecule has 0 N–H and O–H groups in total. The van der Waals surface area contributed by atoms with Crippen LogP contribution in [0.2, 0.25) is 0 Å². The average Bonchev–Trinajstić information content (AvgIpc) is 3.71. The van der Waals surface area contributed by atoms with Crippen molar-refractivity contribution in [3.05, 3.63) is 47.6 Å². The number of furan rings is 1. The van der Waals surface area contributed by atoms with Gasteiger partial charge in [0.15, 0.2) is 5.76 Å². The first-order valence-corrected chi connectivity index (χ1v) is 18.0. The lowest BCUT2D eigenvalue weighted by Gasteiger charge is -2.71. The molecular weight excluding hydrogens is 572 g/mol. The van der Waals surface area contributed by atoms with Crippen LogP contribution in [0.4, 0.5) is 0 Å². The van der Waals surface area contributed by atoms with E-state index in [0.717, 1.165) is 55.7 Å². The number of allylic oxidation sites excluding steroid dienone is 2. The molecule has 3 aromatic heterocycles. The minimum absolute atomic E-state index is 0.0399. The second-order valence-corrected chi connectivity index (χ2v) is 17.2. The molecule has 7 heteroatoms. The highest BCUT2D eigenvalue weighted by atomic mass is 16.5. The Kier molecular flexibility index (Phi) is 6.47. The van der Waals surface area contributed by atoms with E-state index in [1.165, 1.54) is 18.4 Å². The van der Waals surface area contributed by atoms with Crippen LogP contribution in [0.3, 0.4) is 0 Å². The maximum absolute atomic E-state index is 13.9. The van der Waals surface area contributed by atoms with Gasteiger partial charge in [0.25, 0.3) is 5.78 Å². The summed E-state index contributed by atoms with van der Waals surface area (Å²) in [6, 6.07) is 4.01. The van der Waals surface area contributed by atoms with Gasteiger partial charge < -0.3 is 9.15 Å². The van der Waals surface area contributed by atoms with E-state index in [4.69, 9.17) is 14.1 Å². The molecule has 0 aliphatic heterocycles. The van der Waals surface area contributed by atoms with E-state index < -0.39 is 0 Å². The highest BCUT2D eigenvalue weighted by Crippen LogP contribution is 2.75. The van der Waals surface area contributed by atoms with Gasteiger partial charge in [-0.15, -0.1) is 0 Å². The highest BCUT2D eigenvalue weighted by molar-refractivity contribution is 5.79. The number of nitrogens with zero attached hydrogens (tertiary/aromatic N) is 4. The topological polar surface area (TPSA) is 82.5 Å². The molecule has 3 saturated carbocycles. The van der Waals surface area contributed by atoms with Crippen LogP contribution in [0, 0.1) is 51.2 Å². The summed E-state index contributed by atoms with van der Waals surface area (Å²) >= 11 is 0. The molecule has 5 aliphatic rings. The Labute approximate surface area is 274 Å². The number of carbonyl (C=O) groups is 1. The Morgan fingerprint density at radius 1 is 1.07 bits per heavy atom. The predicted molar refractivity (Wildman–Crippen MR) is 178 cm³/mol. The summed E-state index contributed by atoms with van der Waals surface area (Å²) < 4.78 is 13.8. The predicted octanol–water partition coefficient (Wildman–Crippen LogP) is 8.62. The monoisotopic (exact) mass is 624 g/mol. The van der Waals surface area contributed by atoms with Gasteiger partial charge in [-0.05, 0) is 116 Å². The summed E-state index contributed by atoms with van der Waals surface area (Å²) in [4.78, 5) is 23.7. The number of hydrogen-bond donors (Lipinski definition) is 0. The maximum Gasteiger partial charge on any atom is 0.312 e. The van der Waals surface area contributed by atoms with E-state index in [2.05, 4.69) is 64.6 Å². The van der Waals surface area contributed by atoms with Crippen molar-refractivity contribution in [3.63, 3.8) is 0 Å². The van der Waals surface area contributed by atoms with E-state index in [-0.39, 0.29) is 39.0 Å². The summed E-state index contributed by atoms with van der Waals surface area (Å²) in [5.74, 6) is 3.85. The van der Waals surface area contributed by atoms with Gasteiger partial charge in [0, 0.05) is 11.0 Å². The fourth-order valence-corrected chi connectivity index (χ4v) is 12.7. The lowest BCUT2D eigenvalue weighted by Crippen LogP contribution is -2.65. The van der Waals surface area contributed by atoms with Crippen LogP contribution in [-0.4, -0.2) is 32.2 Å². The minimum atomic E-state index is -0.379. The van der Waals surface area contributed by atoms with Crippen molar-refractivity contribution >= 4 is 11.7 Å². The quantitative estimate of drug-likeness (QED) is 0.214. The summed E-state index contributed by atoms with van der Waals surface area (Å²) in [6.07, 6.45) is 14.5. The van der Waals surface area contributed by atoms with Crippen molar-refractivity contribution in [2.75, 3.05) is 6.61 Å². The molecule has 3 unspecified atom stereocenters. The second-order valence-electron chi connectivity index (χ2n) is 17.2. The summed E-state index contributed by atoms with van der Waals surface area (Å²) in [6.45, 7) is 19.9. The molecule has 3 aromatic rings. The third-order valence-electron chi connectivity index (χ3n) is 15.3. The first-order chi connectivity index (χ1) is 21.8. The number of rotatable bonds is 3. The van der Waals surface area contributed by atoms with E-state index in [1.54, 1.807) is 18.2 Å². The number of esters is 1. The van der Waals surface area contributed by atoms with Gasteiger partial charge in [0.2, 0.25) is 0 Å². The molecule has 46 heavy (non-hydrogen) atoms. The number of ether oxygens (including phenoxy) is 1. The summed E-state index contributed by atoms with van der Waals surface area (Å²) in [5.41, 5.74) is 4.70. The Hall–Kier alpha value is -2.96. The molecule has 7 nitrogen and oxygen atoms in total. The van der Waals surface area contributed by atoms with Gasteiger partial charge in [-0.1, -0.05) is 60.1 Å². The van der Waals surface area contributed by atoms with Gasteiger partial charge in [-0.3, -0.25) is 4.79 Å². The molecule has 0 radical (unpaired) electrons. The SMILES string of the molecule is CCOC(=O)[C@]12CC[C@@H](C)[C@H](C)C1C1=CCC3[C@@]4(C)Cc5c(nc6ncnn6c5-c5ccco5)C(C)(C)C4CC[C@@]3(C)[C@]1(C)CC2. The van der Waals surface area contributed by atoms with Crippen molar-refractivity contribution in [3.8, 4) is 11.5 Å². The molecule has 5 aliphatic carbocycles. The normalized spacial score (nSPS) is 41.0. The van der Waals surface area contributed by atoms with Gasteiger partial charge in [-0.2, -0.15) is 14.6 Å². The van der Waals surface area contributed by atoms with Gasteiger partial charge in [-0.25, -0.2) is 4.98 Å². The Morgan fingerprint density at radius 2 is 1.87 bits per heavy atom. The van der Waals surface area contributed by atoms with Gasteiger partial charge in [0.05, 0.1) is 24.0 Å². The van der Waals surface area contributed by atoms with Crippen LogP contribution in [0.5, 0.6) is 0 Å². The maximum atomic E-state index is 13.9. The summed E-state index contributed by atoms with van der Waals surface area (Å²) in [7, 11) is 0. The minimum Gasteiger partial charge on any atom is -0.466 e. The largest absolute Gasteiger partial charge is 0.466 e. The Morgan fingerprint density at radius 3 is 2.61 bits per heavy atom. The van der Waals surface area contributed by atoms with E-state index >= 15 is 0 Å². The first-order valence-electron chi connectivity index (χ1n) is 18.0. The molecule has 0 amide bonds. The Balaban J connectivity index is 1.28. The standard InChI is InChI=1S/C39H52N4O3/c1-9-45-33(44)39-17-14-23(2)24(3)30(39)26-12-13-29-36(6)21-25-31(27-11-10-20-46-27)43-34(40-22-41-43)42-32(25)35(4,5)28(36)15-16-38(29,8)37(26,7)18-19-39/h10-12,20,22-24,28-30H,9,13-19,21H2,1-8H3/t23-,24+,28?,29?,30?,36+,37-,38-,39+/m1/s1. The third kappa shape index (κ3) is 3.61. The fraction of sp³-hybridized carbons (Fsp3) is 0.692. The van der Waals surface area contributed by atoms with Crippen LogP contribution in [0.25, 0.3) is 17.2 Å². The van der Waals surface area contributed by atoms with E-state index in [1.807, 2.05) is 23.6 Å². The third-order valence-corrected chi connectivity index (χ3v) is 15.3. The van der Waals surface area contributed by atoms with Crippen LogP contribution < -0.4 is 0 Å². The smallest absolute Gasteiger partial charge is 0.312 e. The zero-order chi connectivity index (χ0) is 32.4. The van der Waals surface area contributed by atoms with Gasteiger partial charge in [0.1, 0.15) is 12.0 Å². The van der Waals surface area contributed by atoms with Crippen molar-refractivity contribution < 1.29 is 13.9 Å². The molecule has 3 fully saturated rings. The molecule has 0 saturated heterocycles. The number of carbonyl (C=O) groups excluding carboxylic acids is 1. The van der Waals surface area contributed by atoms with Crippen LogP contribution in [0.15, 0.2) is 40.8 Å². The second kappa shape index (κ2) is 9.79. The summed E-state index contributed by atoms with van der Waals surface area (Å²) in [5, 5.41) is 4.64. The van der Waals surface area contributed by atoms with Gasteiger partial charge >= 0.3 is 5.97 Å². The number of hydrogen-bond acceptors (Lipinski definition) is 6. The molecule has 0 spiro atoms. The van der Waals surface area contributed by atoms with Crippen LogP contribution in [0.1, 0.15) is 112 Å². The highest BCUT2D eigenvalue weighted by Gasteiger charge is 2.69. The average molecular weight is 625 g/mol. The number of aromatic nitrogens is 4. The van der Waals surface area contributed by atoms with E-state index in [9.17, 15) is 4.79 Å². The first kappa shape index (κ1) is 30.4. The fourth-order valence-electron chi connectivity index (χ4n) is 12.7. The van der Waals surface area contributed by atoms with E-state index in [0.29, 0.717) is 36.1 Å². The molecule has 246 valence electrons. The lowest BCUT2D eigenvalue weighted by molar-refractivity contribution is -0.183. The van der Waals surface area contributed by atoms with Crippen molar-refractivity contribution in [1.29, 1.82) is 0 Å². The van der Waals surface area contributed by atoms with Crippen LogP contribution in [-0.2, 0) is 21.4 Å². The van der Waals surface area contributed by atoms with Crippen molar-refractivity contribution in [1.82, 2.24) is 19.6 Å². The zero-order valence-corrected chi connectivity index (χ0v) is 29.2. The molecular formula is C39H52N4O3. The number of fused-ring (bicyclic) bond motifs is 9. The van der Waals surface area contributed by atoms with Crippen LogP contribution >= 0.6 is 0 Å². The molecule has 0 aromatic carbocycles. The molecule has 8 rings (SSSR count). The molecule has 9 atom stereocenters. The molecule has 0 bridgehead atoms.